The van der Waals surface area contributed by atoms with Crippen molar-refractivity contribution in [3.8, 4) is 0 Å². The Labute approximate surface area is 67.6 Å². The molecule has 0 saturated carbocycles. The minimum absolute atomic E-state index is 0.658. The molecule has 1 aromatic heterocycles. The lowest BCUT2D eigenvalue weighted by Gasteiger charge is -1.95. The van der Waals surface area contributed by atoms with Crippen LogP contribution in [0.25, 0.3) is 0 Å². The fourth-order valence-corrected chi connectivity index (χ4v) is 1.21. The second-order valence-electron chi connectivity index (χ2n) is 2.04. The molecule has 0 spiro atoms. The average molecular weight is 178 g/mol. The molecule has 0 aromatic carbocycles. The number of hydrogen-bond acceptors (Lipinski definition) is 2. The SMILES string of the molecule is CSCc1cnn(C(F)F)c1. The molecule has 0 amide bonds. The predicted octanol–water partition coefficient (Wildman–Crippen LogP) is 2.14. The highest BCUT2D eigenvalue weighted by Crippen LogP contribution is 2.12. The smallest absolute Gasteiger partial charge is 0.211 e. The lowest BCUT2D eigenvalue weighted by Crippen LogP contribution is -1.96. The summed E-state index contributed by atoms with van der Waals surface area (Å²) < 4.78 is 24.5. The van der Waals surface area contributed by atoms with Gasteiger partial charge in [-0.15, -0.1) is 0 Å². The molecular formula is C6H8F2N2S. The van der Waals surface area contributed by atoms with E-state index in [4.69, 9.17) is 0 Å². The van der Waals surface area contributed by atoms with Gasteiger partial charge in [-0.25, -0.2) is 4.68 Å². The molecule has 0 atom stereocenters. The second kappa shape index (κ2) is 3.71. The van der Waals surface area contributed by atoms with Crippen molar-refractivity contribution in [3.63, 3.8) is 0 Å². The first-order valence-electron chi connectivity index (χ1n) is 3.04. The Morgan fingerprint density at radius 1 is 1.73 bits per heavy atom. The van der Waals surface area contributed by atoms with E-state index in [1.54, 1.807) is 11.8 Å². The van der Waals surface area contributed by atoms with Crippen LogP contribution >= 0.6 is 11.8 Å². The van der Waals surface area contributed by atoms with Crippen molar-refractivity contribution in [2.75, 3.05) is 6.26 Å². The van der Waals surface area contributed by atoms with Crippen LogP contribution in [0.5, 0.6) is 0 Å². The van der Waals surface area contributed by atoms with Gasteiger partial charge in [0.1, 0.15) is 0 Å². The van der Waals surface area contributed by atoms with Gasteiger partial charge in [-0.1, -0.05) is 0 Å². The van der Waals surface area contributed by atoms with E-state index in [2.05, 4.69) is 5.10 Å². The number of rotatable bonds is 3. The molecule has 1 heterocycles. The monoisotopic (exact) mass is 178 g/mol. The third kappa shape index (κ3) is 2.18. The van der Waals surface area contributed by atoms with E-state index < -0.39 is 6.55 Å². The zero-order valence-electron chi connectivity index (χ0n) is 6.00. The molecule has 1 aromatic rings. The van der Waals surface area contributed by atoms with Crippen LogP contribution in [0.1, 0.15) is 12.1 Å². The van der Waals surface area contributed by atoms with Gasteiger partial charge < -0.3 is 0 Å². The standard InChI is InChI=1S/C6H8F2N2S/c1-11-4-5-2-9-10(3-5)6(7)8/h2-3,6H,4H2,1H3. The van der Waals surface area contributed by atoms with E-state index in [1.807, 2.05) is 6.26 Å². The number of hydrogen-bond donors (Lipinski definition) is 0. The van der Waals surface area contributed by atoms with Gasteiger partial charge in [0.2, 0.25) is 0 Å². The molecule has 62 valence electrons. The zero-order valence-corrected chi connectivity index (χ0v) is 6.81. The summed E-state index contributed by atoms with van der Waals surface area (Å²) in [4.78, 5) is 0. The maximum Gasteiger partial charge on any atom is 0.333 e. The van der Waals surface area contributed by atoms with Crippen molar-refractivity contribution in [2.24, 2.45) is 0 Å². The Morgan fingerprint density at radius 2 is 2.45 bits per heavy atom. The lowest BCUT2D eigenvalue weighted by molar-refractivity contribution is 0.0565. The third-order valence-electron chi connectivity index (χ3n) is 1.17. The van der Waals surface area contributed by atoms with Gasteiger partial charge in [-0.3, -0.25) is 0 Å². The zero-order chi connectivity index (χ0) is 8.27. The lowest BCUT2D eigenvalue weighted by atomic mass is 10.4. The molecule has 0 saturated heterocycles. The molecule has 0 aliphatic rings. The van der Waals surface area contributed by atoms with Crippen LogP contribution in [0.4, 0.5) is 8.78 Å². The van der Waals surface area contributed by atoms with Crippen LogP contribution in [0.3, 0.4) is 0 Å². The maximum absolute atomic E-state index is 11.9. The van der Waals surface area contributed by atoms with Crippen LogP contribution in [-0.2, 0) is 5.75 Å². The Bertz CT molecular complexity index is 224. The van der Waals surface area contributed by atoms with E-state index in [1.165, 1.54) is 12.4 Å². The number of thioether (sulfide) groups is 1. The quantitative estimate of drug-likeness (QED) is 0.705. The molecule has 5 heteroatoms. The highest BCUT2D eigenvalue weighted by Gasteiger charge is 2.05. The molecule has 0 N–H and O–H groups in total. The Kier molecular flexibility index (Phi) is 2.87. The van der Waals surface area contributed by atoms with Crippen LogP contribution < -0.4 is 0 Å². The van der Waals surface area contributed by atoms with Crippen molar-refractivity contribution in [3.05, 3.63) is 18.0 Å². The van der Waals surface area contributed by atoms with Gasteiger partial charge in [-0.2, -0.15) is 25.6 Å². The topological polar surface area (TPSA) is 17.8 Å². The summed E-state index contributed by atoms with van der Waals surface area (Å²) in [5, 5.41) is 3.49. The molecule has 0 radical (unpaired) electrons. The van der Waals surface area contributed by atoms with E-state index in [0.29, 0.717) is 4.68 Å². The van der Waals surface area contributed by atoms with Crippen molar-refractivity contribution in [1.82, 2.24) is 9.78 Å². The highest BCUT2D eigenvalue weighted by molar-refractivity contribution is 7.97. The summed E-state index contributed by atoms with van der Waals surface area (Å²) in [6.07, 6.45) is 4.74. The van der Waals surface area contributed by atoms with Gasteiger partial charge in [-0.05, 0) is 6.26 Å². The summed E-state index contributed by atoms with van der Waals surface area (Å²) in [6.45, 7) is -2.52. The molecular weight excluding hydrogens is 170 g/mol. The van der Waals surface area contributed by atoms with Gasteiger partial charge in [0.25, 0.3) is 0 Å². The highest BCUT2D eigenvalue weighted by atomic mass is 32.2. The molecule has 0 bridgehead atoms. The number of alkyl halides is 2. The van der Waals surface area contributed by atoms with E-state index in [-0.39, 0.29) is 0 Å². The number of nitrogens with zero attached hydrogens (tertiary/aromatic N) is 2. The van der Waals surface area contributed by atoms with E-state index >= 15 is 0 Å². The van der Waals surface area contributed by atoms with Gasteiger partial charge >= 0.3 is 6.55 Å². The Balaban J connectivity index is 2.66. The van der Waals surface area contributed by atoms with Crippen LogP contribution in [0, 0.1) is 0 Å². The molecule has 0 fully saturated rings. The molecule has 0 aliphatic heterocycles. The van der Waals surface area contributed by atoms with Crippen molar-refractivity contribution >= 4 is 11.8 Å². The second-order valence-corrected chi connectivity index (χ2v) is 2.91. The fourth-order valence-electron chi connectivity index (χ4n) is 0.725. The summed E-state index contributed by atoms with van der Waals surface area (Å²) in [7, 11) is 0. The number of halogens is 2. The largest absolute Gasteiger partial charge is 0.333 e. The Hall–Kier alpha value is -0.580. The van der Waals surface area contributed by atoms with Gasteiger partial charge in [0.05, 0.1) is 6.20 Å². The fraction of sp³-hybridized carbons (Fsp3) is 0.500. The van der Waals surface area contributed by atoms with Crippen molar-refractivity contribution < 1.29 is 8.78 Å². The number of aromatic nitrogens is 2. The van der Waals surface area contributed by atoms with Crippen molar-refractivity contribution in [1.29, 1.82) is 0 Å². The maximum atomic E-state index is 11.9. The van der Waals surface area contributed by atoms with Crippen LogP contribution in [0.2, 0.25) is 0 Å². The first kappa shape index (κ1) is 8.52. The molecule has 1 rings (SSSR count). The molecule has 0 unspecified atom stereocenters. The summed E-state index contributed by atoms with van der Waals surface area (Å²) in [5.74, 6) is 0.729. The molecule has 0 aliphatic carbocycles. The summed E-state index contributed by atoms with van der Waals surface area (Å²) in [6, 6.07) is 0. The molecule has 2 nitrogen and oxygen atoms in total. The van der Waals surface area contributed by atoms with Gasteiger partial charge in [0, 0.05) is 17.5 Å². The summed E-state index contributed by atoms with van der Waals surface area (Å²) in [5.41, 5.74) is 0.831. The summed E-state index contributed by atoms with van der Waals surface area (Å²) >= 11 is 1.58. The first-order chi connectivity index (χ1) is 5.24. The van der Waals surface area contributed by atoms with Crippen LogP contribution in [-0.4, -0.2) is 16.0 Å². The first-order valence-corrected chi connectivity index (χ1v) is 4.43. The molecule has 11 heavy (non-hydrogen) atoms. The minimum Gasteiger partial charge on any atom is -0.211 e. The predicted molar refractivity (Wildman–Crippen MR) is 40.7 cm³/mol. The Morgan fingerprint density at radius 3 is 2.91 bits per heavy atom. The normalized spacial score (nSPS) is 10.9. The van der Waals surface area contributed by atoms with Gasteiger partial charge in [0.15, 0.2) is 0 Å². The third-order valence-corrected chi connectivity index (χ3v) is 1.79. The minimum atomic E-state index is -2.52. The van der Waals surface area contributed by atoms with Crippen molar-refractivity contribution in [2.45, 2.75) is 12.3 Å². The van der Waals surface area contributed by atoms with E-state index in [9.17, 15) is 8.78 Å². The van der Waals surface area contributed by atoms with E-state index in [0.717, 1.165) is 11.3 Å². The van der Waals surface area contributed by atoms with Crippen LogP contribution in [0.15, 0.2) is 12.4 Å². The average Bonchev–Trinajstić information content (AvgIpc) is 2.37.